The molecule has 19 heteroatoms. The van der Waals surface area contributed by atoms with Crippen LogP contribution in [-0.4, -0.2) is 124 Å². The molecule has 0 spiro atoms. The van der Waals surface area contributed by atoms with E-state index in [1.54, 1.807) is 0 Å². The number of aromatic amines is 2. The van der Waals surface area contributed by atoms with E-state index in [2.05, 4.69) is 80.7 Å². The summed E-state index contributed by atoms with van der Waals surface area (Å²) in [6.45, 7) is 20.0. The predicted molar refractivity (Wildman–Crippen MR) is 273 cm³/mol. The number of nitrogens with one attached hydrogen (secondary N) is 2. The molecule has 6 N–H and O–H groups in total. The number of aromatic nitrogens is 4. The summed E-state index contributed by atoms with van der Waals surface area (Å²) in [6, 6.07) is 16.6. The van der Waals surface area contributed by atoms with E-state index in [9.17, 15) is 39.6 Å². The zero-order chi connectivity index (χ0) is 47.0. The number of benzene rings is 2. The first-order chi connectivity index (χ1) is 30.9. The van der Waals surface area contributed by atoms with Gasteiger partial charge in [-0.2, -0.15) is 0 Å². The molecule has 6 heterocycles. The van der Waals surface area contributed by atoms with Crippen molar-refractivity contribution in [1.82, 2.24) is 33.8 Å². The van der Waals surface area contributed by atoms with Crippen LogP contribution in [0.1, 0.15) is 84.8 Å². The number of piperazine rings is 1. The number of rotatable bonds is 11. The van der Waals surface area contributed by atoms with Gasteiger partial charge in [0.05, 0.1) is 23.6 Å². The number of carboxylic acid groups (broad SMARTS) is 2. The Labute approximate surface area is 413 Å². The maximum Gasteiger partial charge on any atom is 0.345 e. The van der Waals surface area contributed by atoms with Crippen LogP contribution in [0.4, 0.5) is 0 Å². The number of aryl methyl sites for hydroxylation is 2. The number of nitrogens with zero attached hydrogens (tertiary/aromatic N) is 5. The molecule has 2 saturated heterocycles. The minimum absolute atomic E-state index is 0. The summed E-state index contributed by atoms with van der Waals surface area (Å²) in [6.07, 6.45) is 1.17. The minimum Gasteiger partial charge on any atom is -0.506 e. The van der Waals surface area contributed by atoms with Crippen LogP contribution in [0, 0.1) is 0 Å². The summed E-state index contributed by atoms with van der Waals surface area (Å²) in [4.78, 5) is 60.2. The van der Waals surface area contributed by atoms with E-state index in [4.69, 9.17) is 4.74 Å². The van der Waals surface area contributed by atoms with Gasteiger partial charge in [-0.05, 0) is 88.1 Å². The highest BCUT2D eigenvalue weighted by Crippen LogP contribution is 2.34. The molecule has 0 bridgehead atoms. The molecule has 0 aliphatic carbocycles. The second-order valence-electron chi connectivity index (χ2n) is 17.7. The lowest BCUT2D eigenvalue weighted by atomic mass is 9.99. The minimum atomic E-state index is -1.44. The number of carboxylic acids is 2. The van der Waals surface area contributed by atoms with E-state index in [1.807, 2.05) is 57.3 Å². The normalized spacial score (nSPS) is 16.7. The van der Waals surface area contributed by atoms with Gasteiger partial charge in [-0.25, -0.2) is 9.59 Å². The summed E-state index contributed by atoms with van der Waals surface area (Å²) in [5, 5.41) is 41.5. The van der Waals surface area contributed by atoms with Gasteiger partial charge in [0, 0.05) is 117 Å². The highest BCUT2D eigenvalue weighted by molar-refractivity contribution is 5.94. The molecule has 370 valence electrons. The van der Waals surface area contributed by atoms with Gasteiger partial charge in [-0.1, -0.05) is 26.0 Å². The number of aromatic hydroxyl groups is 2. The second kappa shape index (κ2) is 22.9. The van der Waals surface area contributed by atoms with Gasteiger partial charge in [-0.15, -0.1) is 37.2 Å². The number of ether oxygens (including phenoxy) is 1. The third kappa shape index (κ3) is 11.2. The molecule has 0 radical (unpaired) electrons. The van der Waals surface area contributed by atoms with Crippen LogP contribution in [0.15, 0.2) is 58.1 Å². The highest BCUT2D eigenvalue weighted by Gasteiger charge is 2.26. The van der Waals surface area contributed by atoms with Crippen LogP contribution in [-0.2, 0) is 44.8 Å². The van der Waals surface area contributed by atoms with Crippen LogP contribution in [0.25, 0.3) is 44.3 Å². The first kappa shape index (κ1) is 55.3. The van der Waals surface area contributed by atoms with Gasteiger partial charge < -0.3 is 44.3 Å². The Bertz CT molecular complexity index is 2890. The summed E-state index contributed by atoms with van der Waals surface area (Å²) >= 11 is 0. The fourth-order valence-corrected chi connectivity index (χ4v) is 9.57. The number of morpholine rings is 1. The highest BCUT2D eigenvalue weighted by atomic mass is 35.5. The lowest BCUT2D eigenvalue weighted by Crippen LogP contribution is -2.48. The number of carbonyl (C=O) groups is 2. The lowest BCUT2D eigenvalue weighted by Gasteiger charge is -2.36. The van der Waals surface area contributed by atoms with Crippen LogP contribution >= 0.6 is 37.2 Å². The van der Waals surface area contributed by atoms with Crippen molar-refractivity contribution in [2.75, 3.05) is 39.3 Å². The van der Waals surface area contributed by atoms with E-state index in [0.29, 0.717) is 41.4 Å². The molecule has 6 aromatic rings. The maximum absolute atomic E-state index is 12.3. The Morgan fingerprint density at radius 3 is 1.43 bits per heavy atom. The van der Waals surface area contributed by atoms with Gasteiger partial charge in [0.1, 0.15) is 11.5 Å². The molecular weight excluding hydrogens is 937 g/mol. The van der Waals surface area contributed by atoms with Gasteiger partial charge in [-0.3, -0.25) is 24.3 Å². The molecule has 0 unspecified atom stereocenters. The molecule has 2 aliphatic rings. The van der Waals surface area contributed by atoms with Crippen LogP contribution in [0.2, 0.25) is 0 Å². The second-order valence-corrected chi connectivity index (χ2v) is 17.7. The van der Waals surface area contributed by atoms with Crippen LogP contribution in [0.5, 0.6) is 11.5 Å². The van der Waals surface area contributed by atoms with Gasteiger partial charge in [0.25, 0.3) is 11.1 Å². The van der Waals surface area contributed by atoms with Gasteiger partial charge in [0.15, 0.2) is 11.1 Å². The summed E-state index contributed by atoms with van der Waals surface area (Å²) in [7, 11) is 4.10. The number of aromatic carboxylic acids is 2. The molecule has 68 heavy (non-hydrogen) atoms. The quantitative estimate of drug-likeness (QED) is 0.0751. The average molecular weight is 1000 g/mol. The van der Waals surface area contributed by atoms with Crippen molar-refractivity contribution in [3.05, 3.63) is 103 Å². The Morgan fingerprint density at radius 2 is 1.06 bits per heavy atom. The third-order valence-corrected chi connectivity index (χ3v) is 13.0. The van der Waals surface area contributed by atoms with E-state index >= 15 is 0 Å². The summed E-state index contributed by atoms with van der Waals surface area (Å²) in [5.41, 5.74) is 4.89. The number of hydrogen-bond donors (Lipinski definition) is 6. The first-order valence-corrected chi connectivity index (χ1v) is 22.3. The topological polar surface area (TPSA) is 210 Å². The lowest BCUT2D eigenvalue weighted by molar-refractivity contribution is -0.0709. The smallest absolute Gasteiger partial charge is 0.345 e. The van der Waals surface area contributed by atoms with Crippen molar-refractivity contribution < 1.29 is 34.8 Å². The van der Waals surface area contributed by atoms with Crippen molar-refractivity contribution in [2.24, 2.45) is 14.1 Å². The van der Waals surface area contributed by atoms with Crippen molar-refractivity contribution in [1.29, 1.82) is 0 Å². The third-order valence-electron chi connectivity index (χ3n) is 13.0. The molecule has 2 aromatic carbocycles. The molecule has 2 atom stereocenters. The maximum atomic E-state index is 12.3. The predicted octanol–water partition coefficient (Wildman–Crippen LogP) is 7.40. The monoisotopic (exact) mass is 999 g/mol. The molecule has 2 aliphatic heterocycles. The molecular formula is C49H64Cl3N7O9. The summed E-state index contributed by atoms with van der Waals surface area (Å²) in [5.74, 6) is -3.81. The van der Waals surface area contributed by atoms with E-state index in [-0.39, 0.29) is 49.4 Å². The Balaban J connectivity index is 0.000000284. The number of fused-ring (bicyclic) bond motifs is 2. The fourth-order valence-electron chi connectivity index (χ4n) is 9.57. The number of pyridine rings is 2. The zero-order valence-electron chi connectivity index (χ0n) is 39.7. The van der Waals surface area contributed by atoms with Crippen LogP contribution < -0.4 is 11.1 Å². The van der Waals surface area contributed by atoms with Crippen molar-refractivity contribution in [3.63, 3.8) is 0 Å². The number of hydrogen-bond acceptors (Lipinski definition) is 10. The molecule has 4 aromatic heterocycles. The largest absolute Gasteiger partial charge is 0.506 e. The van der Waals surface area contributed by atoms with Crippen LogP contribution in [0.3, 0.4) is 0 Å². The Kier molecular flexibility index (Phi) is 18.6. The standard InChI is InChI=1S/C25H32N4O4.C24H29N3O5.3ClH/c1-5-19-22(26-24(31)21(23(19)30)25(32)33)16-6-7-20-17(12-16)13-18(27(20)4)14-28-8-10-29(11-9-28)15(2)3;1-5-18-21(25-23(29)20(22(18)28)24(30)31)15-6-7-19-16(8-15)9-17(26(19)4)12-27-10-13(2)32-14(3)11-27;;;/h6-7,12-13,15H,5,8-11,14H2,1-4H3,(H,32,33)(H2,26,30,31);6-9,13-14H,5,10-12H2,1-4H3,(H,30,31)(H2,25,28,29);3*1H/t;13-,14+;;;. The van der Waals surface area contributed by atoms with Crippen molar-refractivity contribution >= 4 is 71.0 Å². The number of H-pyrrole nitrogens is 2. The molecule has 16 nitrogen and oxygen atoms in total. The van der Waals surface area contributed by atoms with E-state index < -0.39 is 45.7 Å². The fraction of sp³-hybridized carbons (Fsp3) is 0.429. The molecule has 8 rings (SSSR count). The van der Waals surface area contributed by atoms with Gasteiger partial charge in [0.2, 0.25) is 0 Å². The van der Waals surface area contributed by atoms with Crippen molar-refractivity contribution in [2.45, 2.75) is 85.7 Å². The van der Waals surface area contributed by atoms with Crippen molar-refractivity contribution in [3.8, 4) is 34.0 Å². The molecule has 2 fully saturated rings. The first-order valence-electron chi connectivity index (χ1n) is 22.3. The SMILES string of the molecule is CCc1c(-c2ccc3c(c2)cc(CN2CCN(C(C)C)CC2)n3C)[nH]c(=O)c(C(=O)O)c1O.CCc1c(-c2ccc3c(c2)cc(CN2C[C@@H](C)O[C@@H](C)C2)n3C)[nH]c(=O)c(C(=O)O)c1O.Cl.Cl.Cl. The van der Waals surface area contributed by atoms with Gasteiger partial charge >= 0.3 is 11.9 Å². The van der Waals surface area contributed by atoms with E-state index in [0.717, 1.165) is 85.3 Å². The molecule has 0 saturated carbocycles. The Morgan fingerprint density at radius 1 is 0.662 bits per heavy atom. The number of halogens is 3. The van der Waals surface area contributed by atoms with E-state index in [1.165, 1.54) is 11.4 Å². The summed E-state index contributed by atoms with van der Waals surface area (Å²) < 4.78 is 10.2. The zero-order valence-corrected chi connectivity index (χ0v) is 42.2. The average Bonchev–Trinajstić information content (AvgIpc) is 3.72. The Hall–Kier alpha value is -5.33. The molecule has 0 amide bonds.